The molecule has 0 fully saturated rings. The summed E-state index contributed by atoms with van der Waals surface area (Å²) >= 11 is 5.92. The Morgan fingerprint density at radius 2 is 1.94 bits per heavy atom. The SMILES string of the molecule is OCc1cc2ncnc(Cl)c2cc1CC(O)O. The molecule has 6 heteroatoms. The average Bonchev–Trinajstić information content (AvgIpc) is 2.29. The Balaban J connectivity index is 2.61. The fourth-order valence-electron chi connectivity index (χ4n) is 1.69. The summed E-state index contributed by atoms with van der Waals surface area (Å²) in [5, 5.41) is 28.1. The maximum atomic E-state index is 9.22. The summed E-state index contributed by atoms with van der Waals surface area (Å²) in [6.45, 7) is -0.195. The van der Waals surface area contributed by atoms with Gasteiger partial charge in [-0.1, -0.05) is 11.6 Å². The van der Waals surface area contributed by atoms with Crippen LogP contribution >= 0.6 is 11.6 Å². The first-order valence-corrected chi connectivity index (χ1v) is 5.38. The third-order valence-corrected chi connectivity index (χ3v) is 2.78. The summed E-state index contributed by atoms with van der Waals surface area (Å²) in [6, 6.07) is 3.34. The van der Waals surface area contributed by atoms with E-state index in [-0.39, 0.29) is 13.0 Å². The fourth-order valence-corrected chi connectivity index (χ4v) is 1.89. The van der Waals surface area contributed by atoms with E-state index < -0.39 is 6.29 Å². The number of hydrogen-bond donors (Lipinski definition) is 3. The van der Waals surface area contributed by atoms with Crippen molar-refractivity contribution in [2.24, 2.45) is 0 Å². The molecule has 0 unspecified atom stereocenters. The normalized spacial score (nSPS) is 11.4. The van der Waals surface area contributed by atoms with Crippen molar-refractivity contribution in [1.82, 2.24) is 9.97 Å². The van der Waals surface area contributed by atoms with Gasteiger partial charge in [0.15, 0.2) is 6.29 Å². The standard InChI is InChI=1S/C11H11ClN2O3/c12-11-8-1-6(3-10(16)17)7(4-15)2-9(8)13-5-14-11/h1-2,5,10,15-17H,3-4H2. The van der Waals surface area contributed by atoms with E-state index in [1.807, 2.05) is 0 Å². The molecule has 1 aromatic heterocycles. The van der Waals surface area contributed by atoms with E-state index in [4.69, 9.17) is 21.8 Å². The maximum Gasteiger partial charge on any atom is 0.155 e. The minimum atomic E-state index is -1.47. The number of fused-ring (bicyclic) bond motifs is 1. The number of benzene rings is 1. The Kier molecular flexibility index (Phi) is 3.54. The van der Waals surface area contributed by atoms with E-state index >= 15 is 0 Å². The van der Waals surface area contributed by atoms with Crippen molar-refractivity contribution in [2.75, 3.05) is 0 Å². The molecule has 0 aliphatic heterocycles. The predicted octanol–water partition coefficient (Wildman–Crippen LogP) is 0.629. The molecule has 2 aromatic rings. The fraction of sp³-hybridized carbons (Fsp3) is 0.273. The van der Waals surface area contributed by atoms with Crippen LogP contribution in [0.15, 0.2) is 18.5 Å². The van der Waals surface area contributed by atoms with Crippen LogP contribution in [0.4, 0.5) is 0 Å². The highest BCUT2D eigenvalue weighted by atomic mass is 35.5. The highest BCUT2D eigenvalue weighted by molar-refractivity contribution is 6.34. The molecule has 0 aliphatic carbocycles. The lowest BCUT2D eigenvalue weighted by atomic mass is 10.0. The number of nitrogens with zero attached hydrogens (tertiary/aromatic N) is 2. The first kappa shape index (κ1) is 12.2. The van der Waals surface area contributed by atoms with Gasteiger partial charge in [0.1, 0.15) is 11.5 Å². The minimum absolute atomic E-state index is 0.0249. The third kappa shape index (κ3) is 2.53. The summed E-state index contributed by atoms with van der Waals surface area (Å²) in [6.07, 6.45) is -0.107. The largest absolute Gasteiger partial charge is 0.392 e. The quantitative estimate of drug-likeness (QED) is 0.552. The molecule has 90 valence electrons. The number of aromatic nitrogens is 2. The van der Waals surface area contributed by atoms with Crippen molar-refractivity contribution >= 4 is 22.5 Å². The molecule has 17 heavy (non-hydrogen) atoms. The summed E-state index contributed by atoms with van der Waals surface area (Å²) in [5.41, 5.74) is 1.83. The predicted molar refractivity (Wildman–Crippen MR) is 62.4 cm³/mol. The second-order valence-corrected chi connectivity index (χ2v) is 4.00. The zero-order valence-electron chi connectivity index (χ0n) is 8.84. The van der Waals surface area contributed by atoms with E-state index in [0.29, 0.717) is 27.2 Å². The first-order chi connectivity index (χ1) is 8.11. The van der Waals surface area contributed by atoms with Gasteiger partial charge < -0.3 is 15.3 Å². The monoisotopic (exact) mass is 254 g/mol. The van der Waals surface area contributed by atoms with Crippen molar-refractivity contribution in [3.63, 3.8) is 0 Å². The van der Waals surface area contributed by atoms with Crippen LogP contribution < -0.4 is 0 Å². The Labute approximate surface area is 102 Å². The molecule has 0 aliphatic rings. The Morgan fingerprint density at radius 3 is 2.59 bits per heavy atom. The second-order valence-electron chi connectivity index (χ2n) is 3.65. The molecule has 5 nitrogen and oxygen atoms in total. The van der Waals surface area contributed by atoms with Crippen LogP contribution in [0.1, 0.15) is 11.1 Å². The lowest BCUT2D eigenvalue weighted by Gasteiger charge is -2.10. The van der Waals surface area contributed by atoms with E-state index in [1.54, 1.807) is 12.1 Å². The summed E-state index contributed by atoms with van der Waals surface area (Å²) in [5.74, 6) is 0. The number of aliphatic hydroxyl groups is 3. The zero-order valence-corrected chi connectivity index (χ0v) is 9.59. The third-order valence-electron chi connectivity index (χ3n) is 2.48. The Hall–Kier alpha value is -1.27. The van der Waals surface area contributed by atoms with Gasteiger partial charge in [0.25, 0.3) is 0 Å². The number of hydrogen-bond acceptors (Lipinski definition) is 5. The van der Waals surface area contributed by atoms with Gasteiger partial charge >= 0.3 is 0 Å². The van der Waals surface area contributed by atoms with Crippen LogP contribution in [0.25, 0.3) is 10.9 Å². The van der Waals surface area contributed by atoms with Gasteiger partial charge in [0.2, 0.25) is 0 Å². The molecule has 0 saturated carbocycles. The van der Waals surface area contributed by atoms with Crippen LogP contribution in [-0.2, 0) is 13.0 Å². The molecule has 0 amide bonds. The van der Waals surface area contributed by atoms with Crippen LogP contribution in [0.3, 0.4) is 0 Å². The highest BCUT2D eigenvalue weighted by Gasteiger charge is 2.10. The van der Waals surface area contributed by atoms with Gasteiger partial charge in [-0.15, -0.1) is 0 Å². The van der Waals surface area contributed by atoms with Gasteiger partial charge in [0, 0.05) is 11.8 Å². The van der Waals surface area contributed by atoms with Crippen molar-refractivity contribution in [1.29, 1.82) is 0 Å². The molecular weight excluding hydrogens is 244 g/mol. The number of aliphatic hydroxyl groups excluding tert-OH is 2. The average molecular weight is 255 g/mol. The maximum absolute atomic E-state index is 9.22. The minimum Gasteiger partial charge on any atom is -0.392 e. The molecule has 1 heterocycles. The van der Waals surface area contributed by atoms with Gasteiger partial charge in [-0.25, -0.2) is 9.97 Å². The van der Waals surface area contributed by atoms with E-state index in [9.17, 15) is 5.11 Å². The second kappa shape index (κ2) is 4.93. The van der Waals surface area contributed by atoms with E-state index in [2.05, 4.69) is 9.97 Å². The molecular formula is C11H11ClN2O3. The summed E-state index contributed by atoms with van der Waals surface area (Å²) in [4.78, 5) is 7.89. The summed E-state index contributed by atoms with van der Waals surface area (Å²) in [7, 11) is 0. The lowest BCUT2D eigenvalue weighted by molar-refractivity contribution is -0.0383. The van der Waals surface area contributed by atoms with Gasteiger partial charge in [-0.2, -0.15) is 0 Å². The number of rotatable bonds is 3. The summed E-state index contributed by atoms with van der Waals surface area (Å²) < 4.78 is 0. The topological polar surface area (TPSA) is 86.5 Å². The van der Waals surface area contributed by atoms with Crippen LogP contribution in [0, 0.1) is 0 Å². The van der Waals surface area contributed by atoms with Crippen LogP contribution in [0.2, 0.25) is 5.15 Å². The molecule has 2 rings (SSSR count). The molecule has 0 radical (unpaired) electrons. The lowest BCUT2D eigenvalue weighted by Crippen LogP contribution is -2.10. The van der Waals surface area contributed by atoms with Gasteiger partial charge in [-0.3, -0.25) is 0 Å². The smallest absolute Gasteiger partial charge is 0.155 e. The van der Waals surface area contributed by atoms with Gasteiger partial charge in [-0.05, 0) is 23.3 Å². The molecule has 0 saturated heterocycles. The Bertz CT molecular complexity index is 545. The molecule has 3 N–H and O–H groups in total. The Morgan fingerprint density at radius 1 is 1.18 bits per heavy atom. The van der Waals surface area contributed by atoms with Crippen molar-refractivity contribution < 1.29 is 15.3 Å². The highest BCUT2D eigenvalue weighted by Crippen LogP contribution is 2.24. The van der Waals surface area contributed by atoms with E-state index in [1.165, 1.54) is 6.33 Å². The van der Waals surface area contributed by atoms with Gasteiger partial charge in [0.05, 0.1) is 12.1 Å². The first-order valence-electron chi connectivity index (χ1n) is 5.01. The van der Waals surface area contributed by atoms with E-state index in [0.717, 1.165) is 0 Å². The van der Waals surface area contributed by atoms with Crippen molar-refractivity contribution in [3.8, 4) is 0 Å². The molecule has 0 spiro atoms. The molecule has 1 aromatic carbocycles. The van der Waals surface area contributed by atoms with Crippen molar-refractivity contribution in [2.45, 2.75) is 19.3 Å². The van der Waals surface area contributed by atoms with Crippen LogP contribution in [0.5, 0.6) is 0 Å². The zero-order chi connectivity index (χ0) is 12.4. The molecule has 0 bridgehead atoms. The van der Waals surface area contributed by atoms with Crippen LogP contribution in [-0.4, -0.2) is 31.6 Å². The molecule has 0 atom stereocenters. The van der Waals surface area contributed by atoms with Crippen molar-refractivity contribution in [3.05, 3.63) is 34.7 Å². The number of halogens is 1.